The minimum atomic E-state index is -0.219. The smallest absolute Gasteiger partial charge is 0.157 e. The first-order valence-corrected chi connectivity index (χ1v) is 7.37. The SMILES string of the molecule is CC(Cl)c1nnc(-c2cc3ccc(F)cc3s2)s1. The van der Waals surface area contributed by atoms with Crippen molar-refractivity contribution < 1.29 is 4.39 Å². The van der Waals surface area contributed by atoms with Crippen molar-refractivity contribution in [2.45, 2.75) is 12.3 Å². The standard InChI is InChI=1S/C12H8ClFN2S2/c1-6(13)11-15-16-12(18-11)10-4-7-2-3-8(14)5-9(7)17-10/h2-6H,1H3. The van der Waals surface area contributed by atoms with Gasteiger partial charge in [-0.05, 0) is 30.5 Å². The van der Waals surface area contributed by atoms with Crippen LogP contribution in [0.15, 0.2) is 24.3 Å². The van der Waals surface area contributed by atoms with E-state index in [2.05, 4.69) is 10.2 Å². The highest BCUT2D eigenvalue weighted by Gasteiger charge is 2.13. The minimum absolute atomic E-state index is 0.136. The molecule has 3 aromatic rings. The van der Waals surface area contributed by atoms with Crippen molar-refractivity contribution in [3.63, 3.8) is 0 Å². The molecular formula is C12H8ClFN2S2. The van der Waals surface area contributed by atoms with Gasteiger partial charge in [0.15, 0.2) is 5.01 Å². The number of hydrogen-bond acceptors (Lipinski definition) is 4. The maximum atomic E-state index is 13.1. The predicted molar refractivity (Wildman–Crippen MR) is 75.0 cm³/mol. The number of rotatable bonds is 2. The van der Waals surface area contributed by atoms with Gasteiger partial charge in [-0.3, -0.25) is 0 Å². The first kappa shape index (κ1) is 12.0. The molecule has 0 aliphatic heterocycles. The van der Waals surface area contributed by atoms with E-state index in [0.29, 0.717) is 0 Å². The van der Waals surface area contributed by atoms with Crippen LogP contribution in [0.1, 0.15) is 17.3 Å². The second kappa shape index (κ2) is 4.57. The Balaban J connectivity index is 2.07. The van der Waals surface area contributed by atoms with Gasteiger partial charge in [-0.1, -0.05) is 17.4 Å². The summed E-state index contributed by atoms with van der Waals surface area (Å²) in [5.74, 6) is -0.219. The van der Waals surface area contributed by atoms with Crippen LogP contribution in [0.5, 0.6) is 0 Å². The zero-order chi connectivity index (χ0) is 12.7. The topological polar surface area (TPSA) is 25.8 Å². The van der Waals surface area contributed by atoms with Gasteiger partial charge < -0.3 is 0 Å². The zero-order valence-electron chi connectivity index (χ0n) is 9.35. The van der Waals surface area contributed by atoms with Crippen molar-refractivity contribution in [1.82, 2.24) is 10.2 Å². The lowest BCUT2D eigenvalue weighted by Crippen LogP contribution is -1.80. The maximum absolute atomic E-state index is 13.1. The quantitative estimate of drug-likeness (QED) is 0.631. The molecule has 0 saturated heterocycles. The summed E-state index contributed by atoms with van der Waals surface area (Å²) in [7, 11) is 0. The van der Waals surface area contributed by atoms with Crippen molar-refractivity contribution in [3.05, 3.63) is 35.1 Å². The van der Waals surface area contributed by atoms with Gasteiger partial charge in [-0.15, -0.1) is 33.1 Å². The van der Waals surface area contributed by atoms with Gasteiger partial charge in [0.2, 0.25) is 0 Å². The van der Waals surface area contributed by atoms with Crippen LogP contribution in [0.25, 0.3) is 20.0 Å². The summed E-state index contributed by atoms with van der Waals surface area (Å²) in [5, 5.41) is 10.7. The highest BCUT2D eigenvalue weighted by molar-refractivity contribution is 7.25. The lowest BCUT2D eigenvalue weighted by Gasteiger charge is -1.90. The predicted octanol–water partition coefficient (Wildman–Crippen LogP) is 4.86. The van der Waals surface area contributed by atoms with Crippen LogP contribution in [0.4, 0.5) is 4.39 Å². The highest BCUT2D eigenvalue weighted by Crippen LogP contribution is 2.36. The molecule has 0 N–H and O–H groups in total. The van der Waals surface area contributed by atoms with Gasteiger partial charge in [0.05, 0.1) is 10.3 Å². The molecule has 0 spiro atoms. The van der Waals surface area contributed by atoms with E-state index in [9.17, 15) is 4.39 Å². The van der Waals surface area contributed by atoms with E-state index in [1.807, 2.05) is 13.0 Å². The molecule has 18 heavy (non-hydrogen) atoms. The average Bonchev–Trinajstić information content (AvgIpc) is 2.93. The molecule has 92 valence electrons. The summed E-state index contributed by atoms with van der Waals surface area (Å²) in [6.07, 6.45) is 0. The fraction of sp³-hybridized carbons (Fsp3) is 0.167. The molecule has 1 unspecified atom stereocenters. The monoisotopic (exact) mass is 298 g/mol. The summed E-state index contributed by atoms with van der Waals surface area (Å²) < 4.78 is 14.0. The Morgan fingerprint density at radius 1 is 1.22 bits per heavy atom. The first-order chi connectivity index (χ1) is 8.63. The number of nitrogens with zero attached hydrogens (tertiary/aromatic N) is 2. The van der Waals surface area contributed by atoms with E-state index >= 15 is 0 Å². The van der Waals surface area contributed by atoms with Crippen LogP contribution in [-0.4, -0.2) is 10.2 Å². The Kier molecular flexibility index (Phi) is 3.05. The van der Waals surface area contributed by atoms with Crippen molar-refractivity contribution in [3.8, 4) is 9.88 Å². The molecule has 0 bridgehead atoms. The van der Waals surface area contributed by atoms with Crippen LogP contribution < -0.4 is 0 Å². The third-order valence-corrected chi connectivity index (χ3v) is 5.18. The fourth-order valence-electron chi connectivity index (χ4n) is 1.61. The Morgan fingerprint density at radius 3 is 2.78 bits per heavy atom. The maximum Gasteiger partial charge on any atom is 0.157 e. The molecule has 0 radical (unpaired) electrons. The highest BCUT2D eigenvalue weighted by atomic mass is 35.5. The second-order valence-corrected chi connectivity index (χ2v) is 6.60. The molecule has 3 rings (SSSR count). The molecule has 2 nitrogen and oxygen atoms in total. The zero-order valence-corrected chi connectivity index (χ0v) is 11.7. The third-order valence-electron chi connectivity index (χ3n) is 2.47. The molecule has 2 heterocycles. The number of aromatic nitrogens is 2. The molecule has 0 aliphatic carbocycles. The van der Waals surface area contributed by atoms with Crippen LogP contribution in [0.3, 0.4) is 0 Å². The number of benzene rings is 1. The lowest BCUT2D eigenvalue weighted by atomic mass is 10.2. The number of halogens is 2. The molecule has 0 amide bonds. The van der Waals surface area contributed by atoms with Gasteiger partial charge in [0, 0.05) is 4.70 Å². The van der Waals surface area contributed by atoms with E-state index in [-0.39, 0.29) is 11.2 Å². The Labute approximate surface area is 116 Å². The van der Waals surface area contributed by atoms with E-state index in [1.165, 1.54) is 34.8 Å². The van der Waals surface area contributed by atoms with Crippen LogP contribution >= 0.6 is 34.3 Å². The lowest BCUT2D eigenvalue weighted by molar-refractivity contribution is 0.630. The van der Waals surface area contributed by atoms with E-state index in [1.54, 1.807) is 6.07 Å². The minimum Gasteiger partial charge on any atom is -0.207 e. The van der Waals surface area contributed by atoms with Crippen molar-refractivity contribution >= 4 is 44.4 Å². The molecule has 1 atom stereocenters. The Morgan fingerprint density at radius 2 is 2.06 bits per heavy atom. The molecule has 0 aliphatic rings. The molecule has 6 heteroatoms. The van der Waals surface area contributed by atoms with E-state index in [4.69, 9.17) is 11.6 Å². The number of alkyl halides is 1. The summed E-state index contributed by atoms with van der Waals surface area (Å²) in [5.41, 5.74) is 0. The third kappa shape index (κ3) is 2.13. The van der Waals surface area contributed by atoms with Gasteiger partial charge in [-0.25, -0.2) is 4.39 Å². The van der Waals surface area contributed by atoms with Crippen LogP contribution in [-0.2, 0) is 0 Å². The van der Waals surface area contributed by atoms with Gasteiger partial charge in [0.25, 0.3) is 0 Å². The molecule has 0 saturated carbocycles. The second-order valence-electron chi connectivity index (χ2n) is 3.85. The van der Waals surface area contributed by atoms with E-state index < -0.39 is 0 Å². The summed E-state index contributed by atoms with van der Waals surface area (Å²) in [6, 6.07) is 6.78. The molecule has 0 fully saturated rings. The van der Waals surface area contributed by atoms with Crippen molar-refractivity contribution in [2.75, 3.05) is 0 Å². The summed E-state index contributed by atoms with van der Waals surface area (Å²) in [4.78, 5) is 0.997. The fourth-order valence-corrected chi connectivity index (χ4v) is 3.68. The Bertz CT molecular complexity index is 705. The summed E-state index contributed by atoms with van der Waals surface area (Å²) >= 11 is 8.96. The van der Waals surface area contributed by atoms with Crippen LogP contribution in [0, 0.1) is 5.82 Å². The number of hydrogen-bond donors (Lipinski definition) is 0. The Hall–Kier alpha value is -1.04. The molecule has 2 aromatic heterocycles. The van der Waals surface area contributed by atoms with E-state index in [0.717, 1.165) is 25.0 Å². The molecule has 1 aromatic carbocycles. The largest absolute Gasteiger partial charge is 0.207 e. The van der Waals surface area contributed by atoms with Crippen molar-refractivity contribution in [1.29, 1.82) is 0 Å². The summed E-state index contributed by atoms with van der Waals surface area (Å²) in [6.45, 7) is 1.87. The first-order valence-electron chi connectivity index (χ1n) is 5.30. The number of thiophene rings is 1. The van der Waals surface area contributed by atoms with Crippen LogP contribution in [0.2, 0.25) is 0 Å². The van der Waals surface area contributed by atoms with Gasteiger partial charge in [0.1, 0.15) is 10.8 Å². The van der Waals surface area contributed by atoms with Crippen molar-refractivity contribution in [2.24, 2.45) is 0 Å². The normalized spacial score (nSPS) is 13.1. The molecular weight excluding hydrogens is 291 g/mol. The number of fused-ring (bicyclic) bond motifs is 1. The average molecular weight is 299 g/mol. The van der Waals surface area contributed by atoms with Gasteiger partial charge >= 0.3 is 0 Å². The van der Waals surface area contributed by atoms with Gasteiger partial charge in [-0.2, -0.15) is 0 Å².